The van der Waals surface area contributed by atoms with Gasteiger partial charge in [-0.2, -0.15) is 0 Å². The Labute approximate surface area is 189 Å². The van der Waals surface area contributed by atoms with Crippen molar-refractivity contribution >= 4 is 51.9 Å². The summed E-state index contributed by atoms with van der Waals surface area (Å²) in [6, 6.07) is 12.4. The van der Waals surface area contributed by atoms with Gasteiger partial charge in [-0.05, 0) is 42.8 Å². The van der Waals surface area contributed by atoms with Crippen molar-refractivity contribution in [3.63, 3.8) is 0 Å². The van der Waals surface area contributed by atoms with Crippen LogP contribution in [0.15, 0.2) is 47.4 Å². The Morgan fingerprint density at radius 1 is 1.16 bits per heavy atom. The van der Waals surface area contributed by atoms with Crippen LogP contribution in [0.4, 0.5) is 5.69 Å². The largest absolute Gasteiger partial charge is 0.493 e. The second-order valence-electron chi connectivity index (χ2n) is 6.32. The van der Waals surface area contributed by atoms with Crippen molar-refractivity contribution < 1.29 is 28.9 Å². The van der Waals surface area contributed by atoms with Crippen molar-refractivity contribution in [2.24, 2.45) is 0 Å². The van der Waals surface area contributed by atoms with Crippen LogP contribution in [0.2, 0.25) is 0 Å². The average Bonchev–Trinajstić information content (AvgIpc) is 3.02. The maximum atomic E-state index is 13.1. The first-order valence-electron chi connectivity index (χ1n) is 9.47. The Hall–Kier alpha value is -3.04. The zero-order chi connectivity index (χ0) is 22.4. The van der Waals surface area contributed by atoms with Crippen LogP contribution in [0.1, 0.15) is 18.9 Å². The number of carbonyl (C=O) groups is 2. The van der Waals surface area contributed by atoms with Gasteiger partial charge in [0.05, 0.1) is 37.3 Å². The van der Waals surface area contributed by atoms with Crippen LogP contribution >= 0.6 is 24.0 Å². The van der Waals surface area contributed by atoms with Crippen LogP contribution in [0.3, 0.4) is 0 Å². The molecule has 1 aliphatic heterocycles. The van der Waals surface area contributed by atoms with E-state index in [9.17, 15) is 9.59 Å². The van der Waals surface area contributed by atoms with Crippen LogP contribution in [0.5, 0.6) is 17.2 Å². The molecule has 0 saturated carbocycles. The molecule has 1 aliphatic rings. The lowest BCUT2D eigenvalue weighted by atomic mass is 10.1. The fraction of sp³-hybridized carbons (Fsp3) is 0.227. The molecule has 0 aliphatic carbocycles. The summed E-state index contributed by atoms with van der Waals surface area (Å²) in [4.78, 5) is 25.7. The highest BCUT2D eigenvalue weighted by atomic mass is 32.2. The molecule has 1 fully saturated rings. The molecule has 1 saturated heterocycles. The monoisotopic (exact) mass is 459 g/mol. The zero-order valence-corrected chi connectivity index (χ0v) is 18.6. The predicted octanol–water partition coefficient (Wildman–Crippen LogP) is 4.35. The topological polar surface area (TPSA) is 85.3 Å². The SMILES string of the molecule is CCOc1ccccc1N1C(=O)/C(=C\c2ccc(OCCC(=O)O)c(OC)c2)SC1=S. The van der Waals surface area contributed by atoms with Gasteiger partial charge in [-0.1, -0.05) is 42.2 Å². The summed E-state index contributed by atoms with van der Waals surface area (Å²) in [5, 5.41) is 8.74. The number of carbonyl (C=O) groups excluding carboxylic acids is 1. The van der Waals surface area contributed by atoms with Crippen LogP contribution in [0, 0.1) is 0 Å². The maximum absolute atomic E-state index is 13.1. The lowest BCUT2D eigenvalue weighted by Crippen LogP contribution is -2.28. The molecule has 162 valence electrons. The van der Waals surface area contributed by atoms with E-state index >= 15 is 0 Å². The van der Waals surface area contributed by atoms with Crippen LogP contribution in [0.25, 0.3) is 6.08 Å². The molecule has 0 unspecified atom stereocenters. The van der Waals surface area contributed by atoms with Crippen molar-refractivity contribution in [2.45, 2.75) is 13.3 Å². The van der Waals surface area contributed by atoms with E-state index in [0.717, 1.165) is 5.56 Å². The zero-order valence-electron chi connectivity index (χ0n) is 17.0. The molecule has 7 nitrogen and oxygen atoms in total. The smallest absolute Gasteiger partial charge is 0.306 e. The van der Waals surface area contributed by atoms with E-state index in [2.05, 4.69) is 0 Å². The lowest BCUT2D eigenvalue weighted by molar-refractivity contribution is -0.137. The summed E-state index contributed by atoms with van der Waals surface area (Å²) in [6.07, 6.45) is 1.61. The molecule has 1 amide bonds. The molecule has 31 heavy (non-hydrogen) atoms. The van der Waals surface area contributed by atoms with Gasteiger partial charge in [-0.3, -0.25) is 14.5 Å². The minimum atomic E-state index is -0.941. The van der Waals surface area contributed by atoms with Crippen molar-refractivity contribution in [3.05, 3.63) is 52.9 Å². The third-order valence-corrected chi connectivity index (χ3v) is 5.56. The number of thiocarbonyl (C=S) groups is 1. The highest BCUT2D eigenvalue weighted by molar-refractivity contribution is 8.27. The van der Waals surface area contributed by atoms with Gasteiger partial charge in [0.2, 0.25) is 0 Å². The van der Waals surface area contributed by atoms with Crippen LogP contribution < -0.4 is 19.1 Å². The number of amides is 1. The summed E-state index contributed by atoms with van der Waals surface area (Å²) < 4.78 is 16.9. The molecular formula is C22H21NO6S2. The molecule has 0 atom stereocenters. The summed E-state index contributed by atoms with van der Waals surface area (Å²) in [7, 11) is 1.49. The molecule has 0 radical (unpaired) electrons. The Bertz CT molecular complexity index is 1040. The third kappa shape index (κ3) is 5.36. The van der Waals surface area contributed by atoms with Crippen molar-refractivity contribution in [2.75, 3.05) is 25.2 Å². The van der Waals surface area contributed by atoms with Gasteiger partial charge in [0.15, 0.2) is 15.8 Å². The van der Waals surface area contributed by atoms with Gasteiger partial charge in [-0.25, -0.2) is 0 Å². The number of ether oxygens (including phenoxy) is 3. The second-order valence-corrected chi connectivity index (χ2v) is 8.00. The number of hydrogen-bond donors (Lipinski definition) is 1. The van der Waals surface area contributed by atoms with Gasteiger partial charge in [0, 0.05) is 0 Å². The minimum Gasteiger partial charge on any atom is -0.493 e. The van der Waals surface area contributed by atoms with Crippen molar-refractivity contribution in [1.82, 2.24) is 0 Å². The Morgan fingerprint density at radius 3 is 2.65 bits per heavy atom. The van der Waals surface area contributed by atoms with E-state index in [1.807, 2.05) is 19.1 Å². The number of methoxy groups -OCH3 is 1. The average molecular weight is 460 g/mol. The fourth-order valence-electron chi connectivity index (χ4n) is 2.89. The quantitative estimate of drug-likeness (QED) is 0.438. The van der Waals surface area contributed by atoms with Gasteiger partial charge in [0.25, 0.3) is 5.91 Å². The number of para-hydroxylation sites is 2. The van der Waals surface area contributed by atoms with E-state index in [1.165, 1.54) is 23.8 Å². The van der Waals surface area contributed by atoms with Crippen molar-refractivity contribution in [3.8, 4) is 17.2 Å². The Balaban J connectivity index is 1.84. The van der Waals surface area contributed by atoms with Gasteiger partial charge < -0.3 is 19.3 Å². The second kappa shape index (κ2) is 10.3. The summed E-state index contributed by atoms with van der Waals surface area (Å²) in [5.74, 6) is 0.286. The fourth-order valence-corrected chi connectivity index (χ4v) is 4.17. The number of aliphatic carboxylic acids is 1. The summed E-state index contributed by atoms with van der Waals surface area (Å²) in [6.45, 7) is 2.38. The predicted molar refractivity (Wildman–Crippen MR) is 124 cm³/mol. The van der Waals surface area contributed by atoms with E-state index in [1.54, 1.807) is 36.4 Å². The van der Waals surface area contributed by atoms with Crippen molar-refractivity contribution in [1.29, 1.82) is 0 Å². The van der Waals surface area contributed by atoms with Crippen LogP contribution in [-0.4, -0.2) is 41.6 Å². The van der Waals surface area contributed by atoms with Crippen LogP contribution in [-0.2, 0) is 9.59 Å². The van der Waals surface area contributed by atoms with Gasteiger partial charge in [0.1, 0.15) is 5.75 Å². The number of rotatable bonds is 9. The highest BCUT2D eigenvalue weighted by Gasteiger charge is 2.34. The molecule has 1 N–H and O–H groups in total. The number of thioether (sulfide) groups is 1. The molecule has 1 heterocycles. The molecule has 0 aromatic heterocycles. The van der Waals surface area contributed by atoms with E-state index in [-0.39, 0.29) is 18.9 Å². The standard InChI is InChI=1S/C22H21NO6S2/c1-3-28-16-7-5-4-6-15(16)23-21(26)19(31-22(23)30)13-14-8-9-17(18(12-14)27-2)29-11-10-20(24)25/h4-9,12-13H,3,10-11H2,1-2H3,(H,24,25)/b19-13+. The molecule has 9 heteroatoms. The number of carboxylic acid groups (broad SMARTS) is 1. The maximum Gasteiger partial charge on any atom is 0.306 e. The van der Waals surface area contributed by atoms with E-state index in [0.29, 0.717) is 38.8 Å². The first-order chi connectivity index (χ1) is 14.9. The summed E-state index contributed by atoms with van der Waals surface area (Å²) >= 11 is 6.66. The third-order valence-electron chi connectivity index (χ3n) is 4.26. The summed E-state index contributed by atoms with van der Waals surface area (Å²) in [5.41, 5.74) is 1.33. The highest BCUT2D eigenvalue weighted by Crippen LogP contribution is 2.40. The Morgan fingerprint density at radius 2 is 1.94 bits per heavy atom. The Kier molecular flexibility index (Phi) is 7.54. The minimum absolute atomic E-state index is 0.0307. The molecule has 2 aromatic rings. The molecular weight excluding hydrogens is 438 g/mol. The van der Waals surface area contributed by atoms with Gasteiger partial charge in [-0.15, -0.1) is 0 Å². The van der Waals surface area contributed by atoms with E-state index < -0.39 is 5.97 Å². The normalized spacial score (nSPS) is 14.8. The first kappa shape index (κ1) is 22.6. The number of nitrogens with zero attached hydrogens (tertiary/aromatic N) is 1. The molecule has 0 bridgehead atoms. The first-order valence-corrected chi connectivity index (χ1v) is 10.7. The van der Waals surface area contributed by atoms with Gasteiger partial charge >= 0.3 is 5.97 Å². The lowest BCUT2D eigenvalue weighted by Gasteiger charge is -2.18. The number of hydrogen-bond acceptors (Lipinski definition) is 7. The molecule has 2 aromatic carbocycles. The molecule has 3 rings (SSSR count). The number of carboxylic acids is 1. The molecule has 0 spiro atoms. The van der Waals surface area contributed by atoms with E-state index in [4.69, 9.17) is 31.5 Å². The number of benzene rings is 2. The number of anilines is 1.